The molecule has 5 nitrogen and oxygen atoms in total. The topological polar surface area (TPSA) is 71.5 Å². The molecule has 0 bridgehead atoms. The van der Waals surface area contributed by atoms with Crippen LogP contribution in [0.3, 0.4) is 0 Å². The molecule has 23 heavy (non-hydrogen) atoms. The van der Waals surface area contributed by atoms with E-state index in [2.05, 4.69) is 36.2 Å². The number of furan rings is 1. The number of hydrogen-bond donors (Lipinski definition) is 2. The highest BCUT2D eigenvalue weighted by Gasteiger charge is 2.09. The lowest BCUT2D eigenvalue weighted by atomic mass is 10.1. The minimum atomic E-state index is -0.150. The summed E-state index contributed by atoms with van der Waals surface area (Å²) in [6, 6.07) is 9.98. The minimum absolute atomic E-state index is 0.150. The zero-order chi connectivity index (χ0) is 16.7. The Morgan fingerprint density at radius 3 is 2.61 bits per heavy atom. The third-order valence-corrected chi connectivity index (χ3v) is 3.86. The van der Waals surface area contributed by atoms with Gasteiger partial charge in [-0.3, -0.25) is 9.69 Å². The molecule has 5 heteroatoms. The maximum absolute atomic E-state index is 12.1. The second-order valence-corrected chi connectivity index (χ2v) is 5.47. The van der Waals surface area contributed by atoms with E-state index in [-0.39, 0.29) is 5.91 Å². The van der Waals surface area contributed by atoms with Gasteiger partial charge in [0.2, 0.25) is 0 Å². The summed E-state index contributed by atoms with van der Waals surface area (Å²) in [5, 5.41) is 2.91. The molecule has 124 valence electrons. The summed E-state index contributed by atoms with van der Waals surface area (Å²) in [5.41, 5.74) is 8.33. The van der Waals surface area contributed by atoms with E-state index >= 15 is 0 Å². The molecule has 0 aliphatic heterocycles. The van der Waals surface area contributed by atoms with Crippen LogP contribution in [-0.4, -0.2) is 23.9 Å². The monoisotopic (exact) mass is 315 g/mol. The fourth-order valence-corrected chi connectivity index (χ4v) is 2.43. The van der Waals surface area contributed by atoms with Gasteiger partial charge < -0.3 is 15.5 Å². The van der Waals surface area contributed by atoms with Crippen LogP contribution in [0.1, 0.15) is 41.1 Å². The molecule has 0 aliphatic rings. The van der Waals surface area contributed by atoms with E-state index < -0.39 is 0 Å². The lowest BCUT2D eigenvalue weighted by Gasteiger charge is -2.18. The van der Waals surface area contributed by atoms with Crippen LogP contribution in [0.15, 0.2) is 41.0 Å². The molecule has 1 aromatic carbocycles. The largest absolute Gasteiger partial charge is 0.467 e. The van der Waals surface area contributed by atoms with Gasteiger partial charge in [0.1, 0.15) is 12.0 Å². The number of carbonyl (C=O) groups excluding carboxylic acids is 1. The normalized spacial score (nSPS) is 11.0. The van der Waals surface area contributed by atoms with E-state index in [1.807, 2.05) is 12.1 Å². The van der Waals surface area contributed by atoms with E-state index in [9.17, 15) is 4.79 Å². The Balaban J connectivity index is 1.93. The van der Waals surface area contributed by atoms with Gasteiger partial charge in [-0.05, 0) is 30.3 Å². The Hall–Kier alpha value is -2.11. The van der Waals surface area contributed by atoms with Gasteiger partial charge in [-0.15, -0.1) is 0 Å². The molecule has 0 fully saturated rings. The van der Waals surface area contributed by atoms with E-state index in [0.717, 1.165) is 25.2 Å². The average molecular weight is 315 g/mol. The first-order valence-electron chi connectivity index (χ1n) is 8.02. The molecule has 0 aliphatic carbocycles. The molecule has 0 radical (unpaired) electrons. The Bertz CT molecular complexity index is 633. The predicted octanol–water partition coefficient (Wildman–Crippen LogP) is 2.51. The summed E-state index contributed by atoms with van der Waals surface area (Å²) in [7, 11) is 0. The maximum Gasteiger partial charge on any atom is 0.254 e. The molecule has 2 rings (SSSR count). The second kappa shape index (κ2) is 8.50. The van der Waals surface area contributed by atoms with Crippen molar-refractivity contribution in [3.05, 3.63) is 59.0 Å². The average Bonchev–Trinajstić information content (AvgIpc) is 3.07. The van der Waals surface area contributed by atoms with Crippen LogP contribution in [0, 0.1) is 0 Å². The van der Waals surface area contributed by atoms with Crippen LogP contribution in [-0.2, 0) is 19.6 Å². The van der Waals surface area contributed by atoms with Crippen LogP contribution in [0.4, 0.5) is 0 Å². The Morgan fingerprint density at radius 2 is 1.96 bits per heavy atom. The number of amides is 1. The molecular weight excluding hydrogens is 290 g/mol. The Labute approximate surface area is 137 Å². The van der Waals surface area contributed by atoms with Gasteiger partial charge in [-0.1, -0.05) is 38.1 Å². The maximum atomic E-state index is 12.1. The molecule has 0 atom stereocenters. The van der Waals surface area contributed by atoms with Gasteiger partial charge in [0.15, 0.2) is 0 Å². The van der Waals surface area contributed by atoms with Crippen molar-refractivity contribution in [3.8, 4) is 0 Å². The fourth-order valence-electron chi connectivity index (χ4n) is 2.43. The van der Waals surface area contributed by atoms with Gasteiger partial charge in [0.25, 0.3) is 5.91 Å². The lowest BCUT2D eigenvalue weighted by molar-refractivity contribution is 0.0950. The third kappa shape index (κ3) is 4.94. The number of hydrogen-bond acceptors (Lipinski definition) is 4. The molecule has 1 amide bonds. The standard InChI is InChI=1S/C18H25N3O2/c1-3-21(4-2)12-15-7-5-6-14(8-15)11-20-18(22)16-9-17(10-19)23-13-16/h5-9,13H,3-4,10-12,19H2,1-2H3,(H,20,22). The van der Waals surface area contributed by atoms with Crippen molar-refractivity contribution >= 4 is 5.91 Å². The molecule has 0 unspecified atom stereocenters. The zero-order valence-electron chi connectivity index (χ0n) is 13.8. The molecule has 1 aromatic heterocycles. The molecular formula is C18H25N3O2. The summed E-state index contributed by atoms with van der Waals surface area (Å²) in [5.74, 6) is 0.457. The smallest absolute Gasteiger partial charge is 0.254 e. The van der Waals surface area contributed by atoms with Gasteiger partial charge in [0.05, 0.1) is 12.1 Å². The number of nitrogens with two attached hydrogens (primary N) is 1. The number of benzene rings is 1. The van der Waals surface area contributed by atoms with Crippen molar-refractivity contribution in [2.24, 2.45) is 5.73 Å². The SMILES string of the molecule is CCN(CC)Cc1cccc(CNC(=O)c2coc(CN)c2)c1. The van der Waals surface area contributed by atoms with E-state index in [4.69, 9.17) is 10.2 Å². The van der Waals surface area contributed by atoms with E-state index in [1.165, 1.54) is 11.8 Å². The summed E-state index contributed by atoms with van der Waals surface area (Å²) >= 11 is 0. The molecule has 0 saturated carbocycles. The van der Waals surface area contributed by atoms with Crippen molar-refractivity contribution in [3.63, 3.8) is 0 Å². The van der Waals surface area contributed by atoms with Crippen molar-refractivity contribution in [1.29, 1.82) is 0 Å². The first-order valence-corrected chi connectivity index (χ1v) is 8.02. The number of carbonyl (C=O) groups is 1. The van der Waals surface area contributed by atoms with Crippen molar-refractivity contribution in [2.75, 3.05) is 13.1 Å². The van der Waals surface area contributed by atoms with Gasteiger partial charge in [0, 0.05) is 13.1 Å². The quantitative estimate of drug-likeness (QED) is 0.785. The third-order valence-electron chi connectivity index (χ3n) is 3.86. The first-order chi connectivity index (χ1) is 11.2. The van der Waals surface area contributed by atoms with Crippen LogP contribution in [0.2, 0.25) is 0 Å². The Morgan fingerprint density at radius 1 is 1.22 bits per heavy atom. The molecule has 3 N–H and O–H groups in total. The number of rotatable bonds is 8. The van der Waals surface area contributed by atoms with Crippen LogP contribution in [0.5, 0.6) is 0 Å². The highest BCUT2D eigenvalue weighted by molar-refractivity contribution is 5.93. The van der Waals surface area contributed by atoms with E-state index in [0.29, 0.717) is 24.4 Å². The van der Waals surface area contributed by atoms with Crippen molar-refractivity contribution < 1.29 is 9.21 Å². The van der Waals surface area contributed by atoms with Gasteiger partial charge in [-0.25, -0.2) is 0 Å². The first kappa shape index (κ1) is 17.2. The van der Waals surface area contributed by atoms with Crippen LogP contribution >= 0.6 is 0 Å². The Kier molecular flexibility index (Phi) is 6.38. The predicted molar refractivity (Wildman–Crippen MR) is 90.8 cm³/mol. The molecule has 0 saturated heterocycles. The van der Waals surface area contributed by atoms with Crippen LogP contribution < -0.4 is 11.1 Å². The number of nitrogens with zero attached hydrogens (tertiary/aromatic N) is 1. The second-order valence-electron chi connectivity index (χ2n) is 5.47. The molecule has 0 spiro atoms. The van der Waals surface area contributed by atoms with Gasteiger partial charge >= 0.3 is 0 Å². The zero-order valence-corrected chi connectivity index (χ0v) is 13.8. The van der Waals surface area contributed by atoms with Gasteiger partial charge in [-0.2, -0.15) is 0 Å². The van der Waals surface area contributed by atoms with Crippen LogP contribution in [0.25, 0.3) is 0 Å². The highest BCUT2D eigenvalue weighted by atomic mass is 16.3. The van der Waals surface area contributed by atoms with Crippen molar-refractivity contribution in [2.45, 2.75) is 33.5 Å². The highest BCUT2D eigenvalue weighted by Crippen LogP contribution is 2.10. The summed E-state index contributed by atoms with van der Waals surface area (Å²) in [6.07, 6.45) is 1.44. The molecule has 1 heterocycles. The molecule has 2 aromatic rings. The summed E-state index contributed by atoms with van der Waals surface area (Å²) in [4.78, 5) is 14.4. The van der Waals surface area contributed by atoms with Crippen molar-refractivity contribution in [1.82, 2.24) is 10.2 Å². The fraction of sp³-hybridized carbons (Fsp3) is 0.389. The van der Waals surface area contributed by atoms with E-state index in [1.54, 1.807) is 6.07 Å². The number of nitrogens with one attached hydrogen (secondary N) is 1. The lowest BCUT2D eigenvalue weighted by Crippen LogP contribution is -2.23. The summed E-state index contributed by atoms with van der Waals surface area (Å²) < 4.78 is 5.18. The minimum Gasteiger partial charge on any atom is -0.467 e. The summed E-state index contributed by atoms with van der Waals surface area (Å²) in [6.45, 7) is 8.09.